The van der Waals surface area contributed by atoms with E-state index in [9.17, 15) is 4.57 Å². The van der Waals surface area contributed by atoms with E-state index in [1.807, 2.05) is 18.2 Å². The van der Waals surface area contributed by atoms with Crippen LogP contribution in [0.5, 0.6) is 0 Å². The molecule has 0 N–H and O–H groups in total. The van der Waals surface area contributed by atoms with Gasteiger partial charge in [-0.1, -0.05) is 69.9 Å². The van der Waals surface area contributed by atoms with Gasteiger partial charge in [0.1, 0.15) is 5.60 Å². The summed E-state index contributed by atoms with van der Waals surface area (Å²) in [7, 11) is -0.693. The third-order valence-corrected chi connectivity index (χ3v) is 3.88. The monoisotopic (exact) mass is 267 g/mol. The molecule has 0 radical (unpaired) electrons. The molecule has 0 aliphatic heterocycles. The molecule has 1 rings (SSSR count). The van der Waals surface area contributed by atoms with Gasteiger partial charge in [0.2, 0.25) is 0 Å². The van der Waals surface area contributed by atoms with E-state index in [-0.39, 0.29) is 5.60 Å². The molecule has 1 atom stereocenters. The first kappa shape index (κ1) is 15.3. The Labute approximate surface area is 112 Å². The molecule has 0 amide bonds. The average molecular weight is 267 g/mol. The van der Waals surface area contributed by atoms with Gasteiger partial charge in [-0.25, -0.2) is 0 Å². The van der Waals surface area contributed by atoms with Gasteiger partial charge in [-0.15, -0.1) is 4.52 Å². The van der Waals surface area contributed by atoms with Crippen LogP contribution in [0, 0.1) is 0 Å². The van der Waals surface area contributed by atoms with E-state index >= 15 is 0 Å². The van der Waals surface area contributed by atoms with Gasteiger partial charge in [0, 0.05) is 0 Å². The molecule has 18 heavy (non-hydrogen) atoms. The second-order valence-corrected chi connectivity index (χ2v) is 5.12. The molecular weight excluding hydrogens is 243 g/mol. The Morgan fingerprint density at radius 1 is 1.06 bits per heavy atom. The lowest BCUT2D eigenvalue weighted by Crippen LogP contribution is -2.26. The minimum atomic E-state index is -0.693. The third-order valence-electron chi connectivity index (χ3n) is 3.41. The number of unbranched alkanes of at least 4 members (excludes halogenated alkanes) is 2. The topological polar surface area (TPSA) is 26.3 Å². The fourth-order valence-corrected chi connectivity index (χ4v) is 2.80. The van der Waals surface area contributed by atoms with Gasteiger partial charge in [0.05, 0.1) is 0 Å². The second-order valence-electron chi connectivity index (χ2n) is 4.75. The first-order valence-electron chi connectivity index (χ1n) is 6.89. The molecule has 2 nitrogen and oxygen atoms in total. The van der Waals surface area contributed by atoms with E-state index in [2.05, 4.69) is 26.0 Å². The van der Waals surface area contributed by atoms with Crippen LogP contribution in [0.1, 0.15) is 57.9 Å². The van der Waals surface area contributed by atoms with Crippen molar-refractivity contribution >= 4 is 8.69 Å². The smallest absolute Gasteiger partial charge is 0.136 e. The van der Waals surface area contributed by atoms with Crippen LogP contribution >= 0.6 is 8.69 Å². The van der Waals surface area contributed by atoms with Crippen LogP contribution in [0.25, 0.3) is 0 Å². The van der Waals surface area contributed by atoms with Crippen molar-refractivity contribution in [3.05, 3.63) is 35.9 Å². The van der Waals surface area contributed by atoms with Gasteiger partial charge in [0.25, 0.3) is 0 Å². The first-order valence-corrected chi connectivity index (χ1v) is 7.71. The standard InChI is InChI=1S/C15H24O2P/c1-3-5-12-15(17-18-16,13-6-4-2)14-10-8-7-9-11-14/h7-11,18H,3-6,12-13H2,1-2H3/q+1. The first-order chi connectivity index (χ1) is 8.79. The predicted molar refractivity (Wildman–Crippen MR) is 77.3 cm³/mol. The molecule has 1 unspecified atom stereocenters. The van der Waals surface area contributed by atoms with Crippen LogP contribution in [0.3, 0.4) is 0 Å². The summed E-state index contributed by atoms with van der Waals surface area (Å²) in [6.45, 7) is 4.35. The normalized spacial score (nSPS) is 11.9. The minimum absolute atomic E-state index is 0.354. The van der Waals surface area contributed by atoms with Crippen LogP contribution in [0.2, 0.25) is 0 Å². The van der Waals surface area contributed by atoms with E-state index in [0.717, 1.165) is 44.1 Å². The van der Waals surface area contributed by atoms with E-state index in [0.29, 0.717) is 0 Å². The Hall–Kier alpha value is -0.720. The lowest BCUT2D eigenvalue weighted by molar-refractivity contribution is 0.0568. The van der Waals surface area contributed by atoms with Crippen LogP contribution in [-0.4, -0.2) is 0 Å². The Balaban J connectivity index is 2.97. The summed E-state index contributed by atoms with van der Waals surface area (Å²) in [5.41, 5.74) is 0.809. The zero-order chi connectivity index (χ0) is 13.3. The van der Waals surface area contributed by atoms with Gasteiger partial charge in [0.15, 0.2) is 0 Å². The summed E-state index contributed by atoms with van der Waals surface area (Å²) in [6.07, 6.45) is 6.36. The summed E-state index contributed by atoms with van der Waals surface area (Å²) in [5.74, 6) is 0. The maximum Gasteiger partial charge on any atom is 0.495 e. The molecule has 0 saturated carbocycles. The SMILES string of the molecule is CCCCC(CCCC)(O[PH+]=O)c1ccccc1. The molecule has 1 aromatic rings. The van der Waals surface area contributed by atoms with Gasteiger partial charge in [-0.2, -0.15) is 0 Å². The fraction of sp³-hybridized carbons (Fsp3) is 0.600. The second kappa shape index (κ2) is 8.39. The molecule has 1 aromatic carbocycles. The highest BCUT2D eigenvalue weighted by molar-refractivity contribution is 7.17. The quantitative estimate of drug-likeness (QED) is 0.573. The van der Waals surface area contributed by atoms with Crippen molar-refractivity contribution in [3.8, 4) is 0 Å². The van der Waals surface area contributed by atoms with Crippen molar-refractivity contribution in [3.63, 3.8) is 0 Å². The van der Waals surface area contributed by atoms with E-state index in [4.69, 9.17) is 4.52 Å². The zero-order valence-electron chi connectivity index (χ0n) is 11.4. The summed E-state index contributed by atoms with van der Waals surface area (Å²) in [4.78, 5) is 0. The highest BCUT2D eigenvalue weighted by atomic mass is 31.1. The molecule has 0 saturated heterocycles. The van der Waals surface area contributed by atoms with Crippen molar-refractivity contribution in [1.82, 2.24) is 0 Å². The highest BCUT2D eigenvalue weighted by Crippen LogP contribution is 2.39. The molecule has 0 spiro atoms. The maximum atomic E-state index is 11.1. The number of hydrogen-bond acceptors (Lipinski definition) is 2. The van der Waals surface area contributed by atoms with Crippen molar-refractivity contribution in [2.75, 3.05) is 0 Å². The lowest BCUT2D eigenvalue weighted by Gasteiger charge is -2.28. The maximum absolute atomic E-state index is 11.1. The van der Waals surface area contributed by atoms with Crippen molar-refractivity contribution in [1.29, 1.82) is 0 Å². The predicted octanol–water partition coefficient (Wildman–Crippen LogP) is 5.22. The van der Waals surface area contributed by atoms with E-state index in [1.54, 1.807) is 0 Å². The molecule has 0 fully saturated rings. The largest absolute Gasteiger partial charge is 0.495 e. The Bertz CT molecular complexity index is 330. The van der Waals surface area contributed by atoms with E-state index < -0.39 is 8.69 Å². The van der Waals surface area contributed by atoms with Gasteiger partial charge >= 0.3 is 8.69 Å². The molecule has 0 bridgehead atoms. The summed E-state index contributed by atoms with van der Waals surface area (Å²) >= 11 is 0. The molecular formula is C15H24O2P+. The van der Waals surface area contributed by atoms with Crippen molar-refractivity contribution in [2.24, 2.45) is 0 Å². The van der Waals surface area contributed by atoms with Gasteiger partial charge in [-0.05, 0) is 23.0 Å². The Morgan fingerprint density at radius 2 is 1.61 bits per heavy atom. The molecule has 0 aliphatic rings. The molecule has 0 aliphatic carbocycles. The van der Waals surface area contributed by atoms with Crippen LogP contribution in [0.4, 0.5) is 0 Å². The van der Waals surface area contributed by atoms with Crippen LogP contribution in [-0.2, 0) is 14.7 Å². The molecule has 3 heteroatoms. The summed E-state index contributed by atoms with van der Waals surface area (Å²) in [5, 5.41) is 0. The van der Waals surface area contributed by atoms with Gasteiger partial charge in [-0.3, -0.25) is 0 Å². The molecule has 100 valence electrons. The summed E-state index contributed by atoms with van der Waals surface area (Å²) in [6, 6.07) is 10.2. The average Bonchev–Trinajstić information content (AvgIpc) is 2.43. The number of hydrogen-bond donors (Lipinski definition) is 0. The number of rotatable bonds is 9. The fourth-order valence-electron chi connectivity index (χ4n) is 2.32. The van der Waals surface area contributed by atoms with E-state index in [1.165, 1.54) is 0 Å². The third kappa shape index (κ3) is 4.19. The Morgan fingerprint density at radius 3 is 2.06 bits per heavy atom. The Kier molecular flexibility index (Phi) is 7.15. The number of benzene rings is 1. The zero-order valence-corrected chi connectivity index (χ0v) is 12.4. The van der Waals surface area contributed by atoms with Crippen LogP contribution < -0.4 is 0 Å². The van der Waals surface area contributed by atoms with Crippen LogP contribution in [0.15, 0.2) is 30.3 Å². The van der Waals surface area contributed by atoms with Crippen molar-refractivity contribution in [2.45, 2.75) is 58.0 Å². The molecule has 0 aromatic heterocycles. The lowest BCUT2D eigenvalue weighted by atomic mass is 9.84. The van der Waals surface area contributed by atoms with Gasteiger partial charge < -0.3 is 0 Å². The molecule has 0 heterocycles. The van der Waals surface area contributed by atoms with Crippen molar-refractivity contribution < 1.29 is 9.09 Å². The summed E-state index contributed by atoms with van der Waals surface area (Å²) < 4.78 is 16.7. The minimum Gasteiger partial charge on any atom is -0.136 e. The highest BCUT2D eigenvalue weighted by Gasteiger charge is 2.36.